The Bertz CT molecular complexity index is 1850. The number of ether oxygens (including phenoxy) is 1. The summed E-state index contributed by atoms with van der Waals surface area (Å²) in [7, 11) is 0. The van der Waals surface area contributed by atoms with Gasteiger partial charge in [0.15, 0.2) is 5.69 Å². The Labute approximate surface area is 221 Å². The van der Waals surface area contributed by atoms with Crippen LogP contribution in [-0.4, -0.2) is 22.1 Å². The number of hydrogen-bond acceptors (Lipinski definition) is 3. The van der Waals surface area contributed by atoms with Crippen LogP contribution in [0.4, 0.5) is 0 Å². The largest absolute Gasteiger partial charge is 0.461 e. The number of imidazole rings is 1. The van der Waals surface area contributed by atoms with Gasteiger partial charge in [0.25, 0.3) is 0 Å². The fraction of sp³-hybridized carbons (Fsp3) is 0.176. The number of aryl methyl sites for hydroxylation is 1. The molecule has 0 bridgehead atoms. The molecule has 186 valence electrons. The Balaban J connectivity index is 1.47. The minimum absolute atomic E-state index is 0.215. The highest BCUT2D eigenvalue weighted by Crippen LogP contribution is 2.44. The van der Waals surface area contributed by atoms with Crippen LogP contribution in [0, 0.1) is 0 Å². The van der Waals surface area contributed by atoms with Gasteiger partial charge in [0.1, 0.15) is 0 Å². The van der Waals surface area contributed by atoms with Gasteiger partial charge in [-0.1, -0.05) is 84.9 Å². The maximum absolute atomic E-state index is 12.9. The standard InChI is InChI=1S/C34H28N2O2/c1-2-38-34(37)32-20-35-21-36(32)33-25-11-6-4-9-23(25)15-17-31(33)27-13-7-12-26-29-16-14-22-8-3-5-10-24(22)28(29)18-19-30(26)27/h3-6,8-11,14-21,27H,2,7,12-13H2,1H3. The van der Waals surface area contributed by atoms with Crippen molar-refractivity contribution in [3.05, 3.63) is 120 Å². The monoisotopic (exact) mass is 496 g/mol. The quantitative estimate of drug-likeness (QED) is 0.184. The van der Waals surface area contributed by atoms with Gasteiger partial charge in [0, 0.05) is 11.3 Å². The van der Waals surface area contributed by atoms with Crippen LogP contribution in [0.15, 0.2) is 97.5 Å². The Kier molecular flexibility index (Phi) is 5.47. The third-order valence-electron chi connectivity index (χ3n) is 8.04. The molecule has 6 aromatic rings. The Morgan fingerprint density at radius 2 is 1.55 bits per heavy atom. The van der Waals surface area contributed by atoms with Gasteiger partial charge in [-0.15, -0.1) is 0 Å². The van der Waals surface area contributed by atoms with Crippen molar-refractivity contribution in [2.45, 2.75) is 32.1 Å². The summed E-state index contributed by atoms with van der Waals surface area (Å²) >= 11 is 0. The molecular weight excluding hydrogens is 468 g/mol. The van der Waals surface area contributed by atoms with Crippen molar-refractivity contribution in [3.8, 4) is 5.69 Å². The molecule has 0 fully saturated rings. The first kappa shape index (κ1) is 22.7. The lowest BCUT2D eigenvalue weighted by atomic mass is 9.76. The highest BCUT2D eigenvalue weighted by atomic mass is 16.5. The molecule has 0 N–H and O–H groups in total. The number of hydrogen-bond donors (Lipinski definition) is 0. The van der Waals surface area contributed by atoms with Gasteiger partial charge in [-0.3, -0.25) is 4.57 Å². The number of nitrogens with zero attached hydrogens (tertiary/aromatic N) is 2. The first-order valence-corrected chi connectivity index (χ1v) is 13.4. The molecule has 38 heavy (non-hydrogen) atoms. The van der Waals surface area contributed by atoms with E-state index in [9.17, 15) is 4.79 Å². The molecule has 0 saturated heterocycles. The van der Waals surface area contributed by atoms with E-state index in [2.05, 4.69) is 89.9 Å². The van der Waals surface area contributed by atoms with Crippen LogP contribution in [-0.2, 0) is 11.2 Å². The summed E-state index contributed by atoms with van der Waals surface area (Å²) < 4.78 is 7.31. The van der Waals surface area contributed by atoms with Crippen molar-refractivity contribution in [2.75, 3.05) is 6.61 Å². The lowest BCUT2D eigenvalue weighted by molar-refractivity contribution is 0.0517. The smallest absolute Gasteiger partial charge is 0.356 e. The zero-order valence-corrected chi connectivity index (χ0v) is 21.4. The summed E-state index contributed by atoms with van der Waals surface area (Å²) in [6.45, 7) is 2.15. The minimum Gasteiger partial charge on any atom is -0.461 e. The molecule has 0 spiro atoms. The van der Waals surface area contributed by atoms with E-state index in [4.69, 9.17) is 4.74 Å². The van der Waals surface area contributed by atoms with Crippen molar-refractivity contribution in [1.82, 2.24) is 9.55 Å². The highest BCUT2D eigenvalue weighted by Gasteiger charge is 2.28. The SMILES string of the molecule is CCOC(=O)c1cncn1-c1c(C2CCCc3c2ccc2c3ccc3ccccc32)ccc2ccccc12. The average Bonchev–Trinajstić information content (AvgIpc) is 3.46. The maximum Gasteiger partial charge on any atom is 0.356 e. The van der Waals surface area contributed by atoms with Crippen molar-refractivity contribution < 1.29 is 9.53 Å². The van der Waals surface area contributed by atoms with E-state index < -0.39 is 0 Å². The van der Waals surface area contributed by atoms with Crippen molar-refractivity contribution in [3.63, 3.8) is 0 Å². The Hall–Kier alpha value is -4.44. The number of benzene rings is 5. The van der Waals surface area contributed by atoms with Crippen LogP contribution in [0.2, 0.25) is 0 Å². The summed E-state index contributed by atoms with van der Waals surface area (Å²) in [4.78, 5) is 17.3. The molecule has 1 unspecified atom stereocenters. The molecule has 1 heterocycles. The molecule has 0 amide bonds. The molecule has 4 nitrogen and oxygen atoms in total. The second-order valence-electron chi connectivity index (χ2n) is 10.1. The zero-order chi connectivity index (χ0) is 25.6. The number of carbonyl (C=O) groups is 1. The number of aromatic nitrogens is 2. The van der Waals surface area contributed by atoms with E-state index in [1.54, 1.807) is 12.5 Å². The average molecular weight is 497 g/mol. The molecular formula is C34H28N2O2. The molecule has 7 rings (SSSR count). The van der Waals surface area contributed by atoms with Crippen molar-refractivity contribution >= 4 is 38.3 Å². The third-order valence-corrected chi connectivity index (χ3v) is 8.04. The van der Waals surface area contributed by atoms with Gasteiger partial charge in [0.05, 0.1) is 24.8 Å². The van der Waals surface area contributed by atoms with Crippen molar-refractivity contribution in [2.24, 2.45) is 0 Å². The number of rotatable bonds is 4. The minimum atomic E-state index is -0.356. The van der Waals surface area contributed by atoms with Gasteiger partial charge in [0.2, 0.25) is 0 Å². The van der Waals surface area contributed by atoms with Gasteiger partial charge in [-0.25, -0.2) is 9.78 Å². The zero-order valence-electron chi connectivity index (χ0n) is 21.4. The van der Waals surface area contributed by atoms with Crippen LogP contribution < -0.4 is 0 Å². The summed E-state index contributed by atoms with van der Waals surface area (Å²) in [5.74, 6) is -0.141. The second-order valence-corrected chi connectivity index (χ2v) is 10.1. The van der Waals surface area contributed by atoms with E-state index in [1.807, 2.05) is 11.5 Å². The number of fused-ring (bicyclic) bond motifs is 6. The summed E-state index contributed by atoms with van der Waals surface area (Å²) in [5.41, 5.74) is 5.51. The summed E-state index contributed by atoms with van der Waals surface area (Å²) in [6.07, 6.45) is 6.60. The second kappa shape index (κ2) is 9.14. The Morgan fingerprint density at radius 1 is 0.842 bits per heavy atom. The molecule has 0 radical (unpaired) electrons. The van der Waals surface area contributed by atoms with E-state index in [1.165, 1.54) is 38.2 Å². The fourth-order valence-electron chi connectivity index (χ4n) is 6.39. The van der Waals surface area contributed by atoms with Crippen LogP contribution in [0.1, 0.15) is 52.9 Å². The van der Waals surface area contributed by atoms with Crippen molar-refractivity contribution in [1.29, 1.82) is 0 Å². The predicted octanol–water partition coefficient (Wildman–Crippen LogP) is 7.98. The lowest BCUT2D eigenvalue weighted by Gasteiger charge is -2.30. The first-order valence-electron chi connectivity index (χ1n) is 13.4. The molecule has 1 aliphatic rings. The summed E-state index contributed by atoms with van der Waals surface area (Å²) in [6, 6.07) is 30.7. The topological polar surface area (TPSA) is 44.1 Å². The van der Waals surface area contributed by atoms with Crippen LogP contribution in [0.3, 0.4) is 0 Å². The van der Waals surface area contributed by atoms with Crippen LogP contribution in [0.5, 0.6) is 0 Å². The first-order chi connectivity index (χ1) is 18.7. The third kappa shape index (κ3) is 3.52. The van der Waals surface area contributed by atoms with Gasteiger partial charge >= 0.3 is 5.97 Å². The predicted molar refractivity (Wildman–Crippen MR) is 153 cm³/mol. The van der Waals surface area contributed by atoms with E-state index in [0.717, 1.165) is 35.7 Å². The molecule has 1 atom stereocenters. The molecule has 0 aliphatic heterocycles. The van der Waals surface area contributed by atoms with Gasteiger partial charge in [-0.05, 0) is 69.8 Å². The lowest BCUT2D eigenvalue weighted by Crippen LogP contribution is -2.16. The van der Waals surface area contributed by atoms with Gasteiger partial charge in [-0.2, -0.15) is 0 Å². The van der Waals surface area contributed by atoms with Gasteiger partial charge < -0.3 is 4.74 Å². The molecule has 0 saturated carbocycles. The van der Waals surface area contributed by atoms with E-state index in [0.29, 0.717) is 12.3 Å². The molecule has 1 aromatic heterocycles. The van der Waals surface area contributed by atoms with E-state index >= 15 is 0 Å². The van der Waals surface area contributed by atoms with Crippen LogP contribution in [0.25, 0.3) is 38.0 Å². The molecule has 4 heteroatoms. The number of esters is 1. The van der Waals surface area contributed by atoms with Crippen LogP contribution >= 0.6 is 0 Å². The number of carbonyl (C=O) groups excluding carboxylic acids is 1. The summed E-state index contributed by atoms with van der Waals surface area (Å²) in [5, 5.41) is 7.49. The van der Waals surface area contributed by atoms with E-state index in [-0.39, 0.29) is 11.9 Å². The fourth-order valence-corrected chi connectivity index (χ4v) is 6.39. The highest BCUT2D eigenvalue weighted by molar-refractivity contribution is 6.09. The normalized spacial score (nSPS) is 15.1. The molecule has 5 aromatic carbocycles. The maximum atomic E-state index is 12.9. The molecule has 1 aliphatic carbocycles. The Morgan fingerprint density at radius 3 is 2.39 bits per heavy atom.